The highest BCUT2D eigenvalue weighted by Crippen LogP contribution is 2.35. The van der Waals surface area contributed by atoms with Crippen LogP contribution in [0, 0.1) is 0 Å². The van der Waals surface area contributed by atoms with Crippen LogP contribution >= 0.6 is 12.2 Å². The van der Waals surface area contributed by atoms with Gasteiger partial charge in [0.05, 0.1) is 11.4 Å². The molecule has 10 heteroatoms. The molecule has 0 fully saturated rings. The molecule has 4 aromatic carbocycles. The van der Waals surface area contributed by atoms with Gasteiger partial charge in [-0.15, -0.1) is 18.3 Å². The summed E-state index contributed by atoms with van der Waals surface area (Å²) in [4.78, 5) is 4.34. The number of benzene rings is 4. The molecule has 0 unspecified atom stereocenters. The molecule has 5 rings (SSSR count). The highest BCUT2D eigenvalue weighted by Gasteiger charge is 2.31. The van der Waals surface area contributed by atoms with Crippen molar-refractivity contribution >= 4 is 28.7 Å². The SMILES string of the molecule is CC(C)c1cccc(-c2ccccc2)c1NC(=S)Nc1ccc(-c2ncn(-c3ccc(OC(F)(F)F)cc3)n2)cc1. The van der Waals surface area contributed by atoms with Gasteiger partial charge >= 0.3 is 6.36 Å². The van der Waals surface area contributed by atoms with Crippen molar-refractivity contribution in [1.29, 1.82) is 0 Å². The second-order valence-corrected chi connectivity index (χ2v) is 9.91. The number of nitrogens with one attached hydrogen (secondary N) is 2. The Labute approximate surface area is 240 Å². The van der Waals surface area contributed by atoms with Crippen molar-refractivity contribution < 1.29 is 17.9 Å². The number of hydrogen-bond donors (Lipinski definition) is 2. The van der Waals surface area contributed by atoms with Gasteiger partial charge in [-0.25, -0.2) is 9.67 Å². The normalized spacial score (nSPS) is 11.4. The summed E-state index contributed by atoms with van der Waals surface area (Å²) in [5.74, 6) is 0.453. The van der Waals surface area contributed by atoms with Crippen molar-refractivity contribution in [2.75, 3.05) is 10.6 Å². The minimum atomic E-state index is -4.74. The van der Waals surface area contributed by atoms with Crippen LogP contribution in [-0.2, 0) is 0 Å². The Morgan fingerprint density at radius 2 is 1.54 bits per heavy atom. The van der Waals surface area contributed by atoms with E-state index < -0.39 is 6.36 Å². The summed E-state index contributed by atoms with van der Waals surface area (Å²) in [6.07, 6.45) is -3.25. The molecule has 1 heterocycles. The lowest BCUT2D eigenvalue weighted by molar-refractivity contribution is -0.274. The minimum Gasteiger partial charge on any atom is -0.406 e. The van der Waals surface area contributed by atoms with E-state index in [0.717, 1.165) is 33.6 Å². The third kappa shape index (κ3) is 6.90. The maximum atomic E-state index is 12.4. The Kier molecular flexibility index (Phi) is 8.02. The smallest absolute Gasteiger partial charge is 0.406 e. The number of thiocarbonyl (C=S) groups is 1. The van der Waals surface area contributed by atoms with Crippen LogP contribution in [0.25, 0.3) is 28.2 Å². The summed E-state index contributed by atoms with van der Waals surface area (Å²) in [5.41, 5.74) is 6.40. The molecule has 0 atom stereocenters. The molecule has 41 heavy (non-hydrogen) atoms. The van der Waals surface area contributed by atoms with Crippen LogP contribution in [-0.4, -0.2) is 26.2 Å². The van der Waals surface area contributed by atoms with E-state index in [4.69, 9.17) is 12.2 Å². The molecule has 5 aromatic rings. The Hall–Kier alpha value is -4.70. The average Bonchev–Trinajstić information content (AvgIpc) is 3.44. The number of aromatic nitrogens is 3. The standard InChI is InChI=1S/C31H26F3N5OS/c1-20(2)26-9-6-10-27(21-7-4-3-5-8-21)28(26)37-30(41)36-23-13-11-22(12-14-23)29-35-19-39(38-29)24-15-17-25(18-16-24)40-31(32,33)34/h3-20H,1-2H3,(H2,36,37,41). The monoisotopic (exact) mass is 573 g/mol. The van der Waals surface area contributed by atoms with Crippen molar-refractivity contribution in [3.63, 3.8) is 0 Å². The second kappa shape index (κ2) is 11.8. The number of halogens is 3. The van der Waals surface area contributed by atoms with E-state index in [1.807, 2.05) is 42.5 Å². The summed E-state index contributed by atoms with van der Waals surface area (Å²) in [5, 5.41) is 11.6. The molecule has 2 N–H and O–H groups in total. The zero-order chi connectivity index (χ0) is 29.0. The molecular formula is C31H26F3N5OS. The minimum absolute atomic E-state index is 0.293. The lowest BCUT2D eigenvalue weighted by Crippen LogP contribution is -2.20. The first-order valence-electron chi connectivity index (χ1n) is 12.8. The summed E-state index contributed by atoms with van der Waals surface area (Å²) < 4.78 is 42.6. The molecule has 0 saturated heterocycles. The number of hydrogen-bond acceptors (Lipinski definition) is 4. The number of alkyl halides is 3. The van der Waals surface area contributed by atoms with Gasteiger partial charge in [0.25, 0.3) is 0 Å². The fourth-order valence-electron chi connectivity index (χ4n) is 4.35. The molecule has 0 aliphatic rings. The third-order valence-electron chi connectivity index (χ3n) is 6.27. The predicted molar refractivity (Wildman–Crippen MR) is 159 cm³/mol. The first-order valence-corrected chi connectivity index (χ1v) is 13.2. The molecule has 0 radical (unpaired) electrons. The highest BCUT2D eigenvalue weighted by atomic mass is 32.1. The predicted octanol–water partition coefficient (Wildman–Crippen LogP) is 8.43. The quantitative estimate of drug-likeness (QED) is 0.191. The van der Waals surface area contributed by atoms with Gasteiger partial charge in [-0.3, -0.25) is 0 Å². The Morgan fingerprint density at radius 1 is 0.829 bits per heavy atom. The second-order valence-electron chi connectivity index (χ2n) is 9.50. The van der Waals surface area contributed by atoms with E-state index in [0.29, 0.717) is 22.5 Å². The van der Waals surface area contributed by atoms with Gasteiger partial charge in [0.1, 0.15) is 12.1 Å². The van der Waals surface area contributed by atoms with E-state index in [-0.39, 0.29) is 5.75 Å². The van der Waals surface area contributed by atoms with Gasteiger partial charge in [-0.2, -0.15) is 0 Å². The van der Waals surface area contributed by atoms with E-state index in [2.05, 4.69) is 69.6 Å². The van der Waals surface area contributed by atoms with E-state index in [1.54, 1.807) is 0 Å². The van der Waals surface area contributed by atoms with Gasteiger partial charge < -0.3 is 15.4 Å². The fourth-order valence-corrected chi connectivity index (χ4v) is 4.57. The van der Waals surface area contributed by atoms with Gasteiger partial charge in [0.2, 0.25) is 0 Å². The first kappa shape index (κ1) is 27.9. The molecule has 6 nitrogen and oxygen atoms in total. The average molecular weight is 574 g/mol. The zero-order valence-corrected chi connectivity index (χ0v) is 23.0. The van der Waals surface area contributed by atoms with Crippen LogP contribution in [0.3, 0.4) is 0 Å². The summed E-state index contributed by atoms with van der Waals surface area (Å²) >= 11 is 5.67. The maximum absolute atomic E-state index is 12.4. The Morgan fingerprint density at radius 3 is 2.20 bits per heavy atom. The van der Waals surface area contributed by atoms with Crippen molar-refractivity contribution in [2.24, 2.45) is 0 Å². The van der Waals surface area contributed by atoms with Crippen molar-refractivity contribution in [2.45, 2.75) is 26.1 Å². The lowest BCUT2D eigenvalue weighted by Gasteiger charge is -2.20. The molecule has 1 aromatic heterocycles. The van der Waals surface area contributed by atoms with Crippen LogP contribution in [0.15, 0.2) is 103 Å². The van der Waals surface area contributed by atoms with E-state index >= 15 is 0 Å². The summed E-state index contributed by atoms with van der Waals surface area (Å²) in [6, 6.07) is 29.3. The van der Waals surface area contributed by atoms with E-state index in [9.17, 15) is 13.2 Å². The van der Waals surface area contributed by atoms with Crippen LogP contribution in [0.1, 0.15) is 25.3 Å². The Balaban J connectivity index is 1.28. The molecule has 0 aliphatic heterocycles. The number of para-hydroxylation sites is 1. The van der Waals surface area contributed by atoms with Crippen LogP contribution < -0.4 is 15.4 Å². The topological polar surface area (TPSA) is 64.0 Å². The molecule has 208 valence electrons. The van der Waals surface area contributed by atoms with Crippen molar-refractivity contribution in [3.8, 4) is 34.0 Å². The third-order valence-corrected chi connectivity index (χ3v) is 6.47. The number of nitrogens with zero attached hydrogens (tertiary/aromatic N) is 3. The molecule has 0 amide bonds. The number of ether oxygens (including phenoxy) is 1. The molecule has 0 aliphatic carbocycles. The van der Waals surface area contributed by atoms with Crippen molar-refractivity contribution in [1.82, 2.24) is 14.8 Å². The molecule has 0 spiro atoms. The number of rotatable bonds is 7. The molecule has 0 bridgehead atoms. The van der Waals surface area contributed by atoms with Crippen LogP contribution in [0.2, 0.25) is 0 Å². The van der Waals surface area contributed by atoms with Crippen molar-refractivity contribution in [3.05, 3.63) is 109 Å². The zero-order valence-electron chi connectivity index (χ0n) is 22.2. The van der Waals surface area contributed by atoms with Gasteiger partial charge in [0.15, 0.2) is 10.9 Å². The molecule has 0 saturated carbocycles. The summed E-state index contributed by atoms with van der Waals surface area (Å²) in [7, 11) is 0. The van der Waals surface area contributed by atoms with E-state index in [1.165, 1.54) is 35.3 Å². The van der Waals surface area contributed by atoms with Gasteiger partial charge in [-0.05, 0) is 77.8 Å². The van der Waals surface area contributed by atoms with Crippen LogP contribution in [0.5, 0.6) is 5.75 Å². The molecular weight excluding hydrogens is 547 g/mol. The van der Waals surface area contributed by atoms with Gasteiger partial charge in [0, 0.05) is 16.8 Å². The number of anilines is 2. The van der Waals surface area contributed by atoms with Gasteiger partial charge in [-0.1, -0.05) is 62.4 Å². The lowest BCUT2D eigenvalue weighted by atomic mass is 9.94. The first-order chi connectivity index (χ1) is 19.7. The van der Waals surface area contributed by atoms with Crippen LogP contribution in [0.4, 0.5) is 24.5 Å². The highest BCUT2D eigenvalue weighted by molar-refractivity contribution is 7.80. The Bertz CT molecular complexity index is 1630. The fraction of sp³-hybridized carbons (Fsp3) is 0.129. The summed E-state index contributed by atoms with van der Waals surface area (Å²) in [6.45, 7) is 4.30. The maximum Gasteiger partial charge on any atom is 0.573 e. The largest absolute Gasteiger partial charge is 0.573 e.